The molecule has 3 nitrogen and oxygen atoms in total. The summed E-state index contributed by atoms with van der Waals surface area (Å²) in [5.74, 6) is 6.32. The monoisotopic (exact) mass is 168 g/mol. The van der Waals surface area contributed by atoms with Crippen LogP contribution in [0.4, 0.5) is 0 Å². The van der Waals surface area contributed by atoms with Crippen molar-refractivity contribution < 1.29 is 4.42 Å². The molecule has 0 saturated heterocycles. The molecule has 0 aliphatic carbocycles. The molecule has 0 bridgehead atoms. The summed E-state index contributed by atoms with van der Waals surface area (Å²) in [5, 5.41) is 0. The van der Waals surface area contributed by atoms with Crippen molar-refractivity contribution in [2.45, 2.75) is 26.8 Å². The molecule has 68 valence electrons. The Bertz CT molecular complexity index is 223. The minimum absolute atomic E-state index is 0.0621. The molecule has 0 aromatic carbocycles. The van der Waals surface area contributed by atoms with Crippen LogP contribution in [0, 0.1) is 5.41 Å². The van der Waals surface area contributed by atoms with E-state index in [1.807, 2.05) is 12.1 Å². The first-order valence-corrected chi connectivity index (χ1v) is 4.05. The highest BCUT2D eigenvalue weighted by atomic mass is 16.3. The molecule has 1 aromatic rings. The van der Waals surface area contributed by atoms with Crippen LogP contribution in [0.2, 0.25) is 0 Å². The van der Waals surface area contributed by atoms with Crippen molar-refractivity contribution in [3.8, 4) is 0 Å². The molecule has 0 saturated carbocycles. The number of hydrogen-bond donors (Lipinski definition) is 2. The van der Waals surface area contributed by atoms with Crippen LogP contribution in [-0.4, -0.2) is 0 Å². The van der Waals surface area contributed by atoms with E-state index in [1.54, 1.807) is 6.26 Å². The largest absolute Gasteiger partial charge is 0.468 e. The summed E-state index contributed by atoms with van der Waals surface area (Å²) >= 11 is 0. The van der Waals surface area contributed by atoms with Crippen LogP contribution in [0.3, 0.4) is 0 Å². The summed E-state index contributed by atoms with van der Waals surface area (Å²) in [5.41, 5.74) is 2.81. The second-order valence-electron chi connectivity index (χ2n) is 3.98. The smallest absolute Gasteiger partial charge is 0.122 e. The first kappa shape index (κ1) is 9.29. The molecule has 3 N–H and O–H groups in total. The van der Waals surface area contributed by atoms with Gasteiger partial charge in [-0.15, -0.1) is 0 Å². The van der Waals surface area contributed by atoms with Crippen molar-refractivity contribution in [2.75, 3.05) is 0 Å². The van der Waals surface area contributed by atoms with E-state index in [4.69, 9.17) is 10.3 Å². The van der Waals surface area contributed by atoms with Crippen molar-refractivity contribution in [3.05, 3.63) is 24.2 Å². The maximum Gasteiger partial charge on any atom is 0.122 e. The minimum Gasteiger partial charge on any atom is -0.468 e. The molecule has 1 rings (SSSR count). The lowest BCUT2D eigenvalue weighted by molar-refractivity contribution is 0.239. The normalized spacial score (nSPS) is 14.7. The van der Waals surface area contributed by atoms with Gasteiger partial charge >= 0.3 is 0 Å². The Morgan fingerprint density at radius 1 is 1.50 bits per heavy atom. The quantitative estimate of drug-likeness (QED) is 0.523. The minimum atomic E-state index is 0.0621. The lowest BCUT2D eigenvalue weighted by Crippen LogP contribution is -2.36. The van der Waals surface area contributed by atoms with E-state index in [9.17, 15) is 0 Å². The SMILES string of the molecule is CC(C)(C)C(NN)c1ccco1. The van der Waals surface area contributed by atoms with Crippen LogP contribution >= 0.6 is 0 Å². The predicted octanol–water partition coefficient (Wildman–Crippen LogP) is 1.83. The molecule has 12 heavy (non-hydrogen) atoms. The van der Waals surface area contributed by atoms with Gasteiger partial charge in [-0.05, 0) is 17.5 Å². The standard InChI is InChI=1S/C9H16N2O/c1-9(2,3)8(11-10)7-5-4-6-12-7/h4-6,8,11H,10H2,1-3H3. The predicted molar refractivity (Wildman–Crippen MR) is 48.2 cm³/mol. The van der Waals surface area contributed by atoms with Crippen LogP contribution in [0.1, 0.15) is 32.6 Å². The van der Waals surface area contributed by atoms with Gasteiger partial charge in [0.25, 0.3) is 0 Å². The first-order chi connectivity index (χ1) is 5.55. The zero-order valence-corrected chi connectivity index (χ0v) is 7.79. The maximum atomic E-state index is 5.44. The Labute approximate surface area is 72.9 Å². The highest BCUT2D eigenvalue weighted by Crippen LogP contribution is 2.31. The zero-order valence-electron chi connectivity index (χ0n) is 7.79. The number of furan rings is 1. The fourth-order valence-corrected chi connectivity index (χ4v) is 1.21. The van der Waals surface area contributed by atoms with Crippen LogP contribution < -0.4 is 11.3 Å². The molecule has 0 aliphatic rings. The van der Waals surface area contributed by atoms with Crippen LogP contribution in [0.5, 0.6) is 0 Å². The van der Waals surface area contributed by atoms with Crippen LogP contribution in [-0.2, 0) is 0 Å². The third-order valence-electron chi connectivity index (χ3n) is 1.86. The molecular weight excluding hydrogens is 152 g/mol. The van der Waals surface area contributed by atoms with Crippen molar-refractivity contribution in [2.24, 2.45) is 11.3 Å². The van der Waals surface area contributed by atoms with Gasteiger partial charge in [-0.1, -0.05) is 20.8 Å². The average molecular weight is 168 g/mol. The molecule has 1 aromatic heterocycles. The molecule has 1 heterocycles. The van der Waals surface area contributed by atoms with Crippen LogP contribution in [0.25, 0.3) is 0 Å². The number of nitrogens with two attached hydrogens (primary N) is 1. The Kier molecular flexibility index (Phi) is 2.55. The Hall–Kier alpha value is -0.800. The van der Waals surface area contributed by atoms with E-state index in [0.29, 0.717) is 0 Å². The third-order valence-corrected chi connectivity index (χ3v) is 1.86. The van der Waals surface area contributed by atoms with Gasteiger partial charge in [-0.3, -0.25) is 5.84 Å². The van der Waals surface area contributed by atoms with Gasteiger partial charge in [0.1, 0.15) is 5.76 Å². The summed E-state index contributed by atoms with van der Waals surface area (Å²) in [4.78, 5) is 0. The molecule has 1 unspecified atom stereocenters. The van der Waals surface area contributed by atoms with Crippen molar-refractivity contribution >= 4 is 0 Å². The van der Waals surface area contributed by atoms with Gasteiger partial charge in [-0.25, -0.2) is 5.43 Å². The summed E-state index contributed by atoms with van der Waals surface area (Å²) in [6.45, 7) is 6.33. The van der Waals surface area contributed by atoms with Crippen molar-refractivity contribution in [1.29, 1.82) is 0 Å². The Balaban J connectivity index is 2.84. The fraction of sp³-hybridized carbons (Fsp3) is 0.556. The second-order valence-corrected chi connectivity index (χ2v) is 3.98. The topological polar surface area (TPSA) is 51.2 Å². The number of nitrogens with one attached hydrogen (secondary N) is 1. The fourth-order valence-electron chi connectivity index (χ4n) is 1.21. The lowest BCUT2D eigenvalue weighted by atomic mass is 9.86. The second kappa shape index (κ2) is 3.29. The van der Waals surface area contributed by atoms with Crippen molar-refractivity contribution in [3.63, 3.8) is 0 Å². The van der Waals surface area contributed by atoms with Gasteiger partial charge in [0.2, 0.25) is 0 Å². The highest BCUT2D eigenvalue weighted by molar-refractivity contribution is 5.07. The van der Waals surface area contributed by atoms with E-state index in [-0.39, 0.29) is 11.5 Å². The van der Waals surface area contributed by atoms with Gasteiger partial charge in [0, 0.05) is 0 Å². The molecule has 0 radical (unpaired) electrons. The van der Waals surface area contributed by atoms with E-state index >= 15 is 0 Å². The molecule has 1 atom stereocenters. The van der Waals surface area contributed by atoms with E-state index in [1.165, 1.54) is 0 Å². The Morgan fingerprint density at radius 2 is 2.17 bits per heavy atom. The number of rotatable bonds is 2. The summed E-state index contributed by atoms with van der Waals surface area (Å²) in [7, 11) is 0. The van der Waals surface area contributed by atoms with Gasteiger partial charge in [-0.2, -0.15) is 0 Å². The molecule has 0 amide bonds. The molecular formula is C9H16N2O. The maximum absolute atomic E-state index is 5.44. The number of hydrogen-bond acceptors (Lipinski definition) is 3. The third kappa shape index (κ3) is 1.87. The first-order valence-electron chi connectivity index (χ1n) is 4.05. The van der Waals surface area contributed by atoms with Crippen molar-refractivity contribution in [1.82, 2.24) is 5.43 Å². The van der Waals surface area contributed by atoms with E-state index < -0.39 is 0 Å². The van der Waals surface area contributed by atoms with Gasteiger partial charge in [0.15, 0.2) is 0 Å². The molecule has 0 fully saturated rings. The summed E-state index contributed by atoms with van der Waals surface area (Å²) in [6.07, 6.45) is 1.66. The molecule has 0 spiro atoms. The summed E-state index contributed by atoms with van der Waals surface area (Å²) < 4.78 is 5.27. The van der Waals surface area contributed by atoms with E-state index in [0.717, 1.165) is 5.76 Å². The van der Waals surface area contributed by atoms with Gasteiger partial charge in [0.05, 0.1) is 12.3 Å². The lowest BCUT2D eigenvalue weighted by Gasteiger charge is -2.27. The Morgan fingerprint density at radius 3 is 2.50 bits per heavy atom. The van der Waals surface area contributed by atoms with E-state index in [2.05, 4.69) is 26.2 Å². The zero-order chi connectivity index (χ0) is 9.19. The number of hydrazine groups is 1. The average Bonchev–Trinajstić information content (AvgIpc) is 2.38. The highest BCUT2D eigenvalue weighted by Gasteiger charge is 2.26. The molecule has 0 aliphatic heterocycles. The van der Waals surface area contributed by atoms with Gasteiger partial charge < -0.3 is 4.42 Å². The summed E-state index contributed by atoms with van der Waals surface area (Å²) in [6, 6.07) is 3.86. The molecule has 3 heteroatoms. The van der Waals surface area contributed by atoms with Crippen LogP contribution in [0.15, 0.2) is 22.8 Å².